The predicted molar refractivity (Wildman–Crippen MR) is 68.8 cm³/mol. The number of aromatic nitrogens is 1. The van der Waals surface area contributed by atoms with Crippen LogP contribution in [0.15, 0.2) is 42.6 Å². The third kappa shape index (κ3) is 2.96. The molecule has 1 unspecified atom stereocenters. The molecule has 3 nitrogen and oxygen atoms in total. The van der Waals surface area contributed by atoms with Crippen LogP contribution in [-0.2, 0) is 6.42 Å². The minimum atomic E-state index is -0.665. The topological polar surface area (TPSA) is 59.1 Å². The zero-order valence-corrected chi connectivity index (χ0v) is 9.93. The number of anilines is 1. The van der Waals surface area contributed by atoms with Crippen molar-refractivity contribution in [2.45, 2.75) is 12.5 Å². The summed E-state index contributed by atoms with van der Waals surface area (Å²) in [6.45, 7) is 0. The van der Waals surface area contributed by atoms with Crippen molar-refractivity contribution >= 4 is 17.3 Å². The first-order valence-electron chi connectivity index (χ1n) is 5.29. The Labute approximate surface area is 105 Å². The maximum atomic E-state index is 10.1. The molecule has 4 heteroatoms. The van der Waals surface area contributed by atoms with E-state index in [-0.39, 0.29) is 0 Å². The number of hydrogen-bond acceptors (Lipinski definition) is 3. The Morgan fingerprint density at radius 1 is 1.29 bits per heavy atom. The molecule has 1 aromatic heterocycles. The summed E-state index contributed by atoms with van der Waals surface area (Å²) in [7, 11) is 0. The van der Waals surface area contributed by atoms with Crippen LogP contribution >= 0.6 is 11.6 Å². The van der Waals surface area contributed by atoms with Crippen molar-refractivity contribution in [1.82, 2.24) is 4.98 Å². The fourth-order valence-corrected chi connectivity index (χ4v) is 1.86. The molecule has 2 rings (SSSR count). The molecule has 1 heterocycles. The normalized spacial score (nSPS) is 12.4. The van der Waals surface area contributed by atoms with E-state index < -0.39 is 6.10 Å². The van der Waals surface area contributed by atoms with Crippen molar-refractivity contribution in [2.24, 2.45) is 0 Å². The second-order valence-electron chi connectivity index (χ2n) is 3.81. The number of rotatable bonds is 3. The summed E-state index contributed by atoms with van der Waals surface area (Å²) in [6, 6.07) is 10.7. The van der Waals surface area contributed by atoms with Crippen LogP contribution in [0.4, 0.5) is 5.69 Å². The van der Waals surface area contributed by atoms with Crippen LogP contribution in [0.2, 0.25) is 5.02 Å². The maximum absolute atomic E-state index is 10.1. The Balaban J connectivity index is 2.17. The highest BCUT2D eigenvalue weighted by Gasteiger charge is 2.12. The molecule has 0 bridgehead atoms. The van der Waals surface area contributed by atoms with Crippen molar-refractivity contribution in [1.29, 1.82) is 0 Å². The van der Waals surface area contributed by atoms with Crippen LogP contribution in [0.25, 0.3) is 0 Å². The van der Waals surface area contributed by atoms with E-state index in [1.165, 1.54) is 0 Å². The highest BCUT2D eigenvalue weighted by Crippen LogP contribution is 2.25. The number of aliphatic hydroxyl groups excluding tert-OH is 1. The van der Waals surface area contributed by atoms with Crippen molar-refractivity contribution in [3.8, 4) is 0 Å². The maximum Gasteiger partial charge on any atom is 0.0865 e. The van der Waals surface area contributed by atoms with Gasteiger partial charge in [0.25, 0.3) is 0 Å². The van der Waals surface area contributed by atoms with Crippen molar-refractivity contribution < 1.29 is 5.11 Å². The van der Waals surface area contributed by atoms with Crippen LogP contribution in [-0.4, -0.2) is 10.1 Å². The predicted octanol–water partition coefficient (Wildman–Crippen LogP) is 2.59. The van der Waals surface area contributed by atoms with E-state index in [9.17, 15) is 5.11 Å². The summed E-state index contributed by atoms with van der Waals surface area (Å²) in [6.07, 6.45) is 1.47. The van der Waals surface area contributed by atoms with Gasteiger partial charge in [-0.3, -0.25) is 4.98 Å². The van der Waals surface area contributed by atoms with E-state index in [0.29, 0.717) is 22.7 Å². The number of benzene rings is 1. The molecular weight excluding hydrogens is 236 g/mol. The SMILES string of the molecule is Nc1cc(Cl)ccc1C(O)Cc1ccccn1. The Kier molecular flexibility index (Phi) is 3.61. The highest BCUT2D eigenvalue weighted by molar-refractivity contribution is 6.30. The summed E-state index contributed by atoms with van der Waals surface area (Å²) in [5.74, 6) is 0. The Morgan fingerprint density at radius 3 is 2.76 bits per heavy atom. The molecule has 1 atom stereocenters. The molecule has 0 amide bonds. The van der Waals surface area contributed by atoms with Gasteiger partial charge in [-0.2, -0.15) is 0 Å². The summed E-state index contributed by atoms with van der Waals surface area (Å²) >= 11 is 5.81. The molecule has 3 N–H and O–H groups in total. The largest absolute Gasteiger partial charge is 0.398 e. The monoisotopic (exact) mass is 248 g/mol. The number of aliphatic hydroxyl groups is 1. The molecular formula is C13H13ClN2O. The van der Waals surface area contributed by atoms with Crippen molar-refractivity contribution in [2.75, 3.05) is 5.73 Å². The smallest absolute Gasteiger partial charge is 0.0865 e. The fraction of sp³-hybridized carbons (Fsp3) is 0.154. The Morgan fingerprint density at radius 2 is 2.12 bits per heavy atom. The van der Waals surface area contributed by atoms with Gasteiger partial charge in [-0.05, 0) is 24.3 Å². The molecule has 17 heavy (non-hydrogen) atoms. The third-order valence-electron chi connectivity index (χ3n) is 2.54. The van der Waals surface area contributed by atoms with Gasteiger partial charge in [0.15, 0.2) is 0 Å². The van der Waals surface area contributed by atoms with Crippen molar-refractivity contribution in [3.63, 3.8) is 0 Å². The van der Waals surface area contributed by atoms with Gasteiger partial charge in [0, 0.05) is 34.6 Å². The van der Waals surface area contributed by atoms with E-state index >= 15 is 0 Å². The molecule has 0 aliphatic rings. The molecule has 1 aromatic carbocycles. The van der Waals surface area contributed by atoms with Gasteiger partial charge in [0.1, 0.15) is 0 Å². The third-order valence-corrected chi connectivity index (χ3v) is 2.77. The van der Waals surface area contributed by atoms with Crippen LogP contribution in [0.3, 0.4) is 0 Å². The number of pyridine rings is 1. The average molecular weight is 249 g/mol. The quantitative estimate of drug-likeness (QED) is 0.821. The lowest BCUT2D eigenvalue weighted by Gasteiger charge is -2.13. The number of halogens is 1. The molecule has 0 aliphatic heterocycles. The first-order valence-corrected chi connectivity index (χ1v) is 5.67. The number of nitrogens with zero attached hydrogens (tertiary/aromatic N) is 1. The lowest BCUT2D eigenvalue weighted by Crippen LogP contribution is -2.06. The number of nitrogens with two attached hydrogens (primary N) is 1. The van der Waals surface area contributed by atoms with Gasteiger partial charge in [-0.1, -0.05) is 23.7 Å². The van der Waals surface area contributed by atoms with E-state index in [1.807, 2.05) is 18.2 Å². The second kappa shape index (κ2) is 5.17. The van der Waals surface area contributed by atoms with Crippen LogP contribution < -0.4 is 5.73 Å². The van der Waals surface area contributed by atoms with Gasteiger partial charge < -0.3 is 10.8 Å². The second-order valence-corrected chi connectivity index (χ2v) is 4.25. The van der Waals surface area contributed by atoms with Gasteiger partial charge in [0.2, 0.25) is 0 Å². The zero-order valence-electron chi connectivity index (χ0n) is 9.18. The molecule has 0 spiro atoms. The summed E-state index contributed by atoms with van der Waals surface area (Å²) < 4.78 is 0. The van der Waals surface area contributed by atoms with E-state index in [2.05, 4.69) is 4.98 Å². The van der Waals surface area contributed by atoms with Crippen LogP contribution in [0.1, 0.15) is 17.4 Å². The zero-order chi connectivity index (χ0) is 12.3. The summed E-state index contributed by atoms with van der Waals surface area (Å²) in [5.41, 5.74) is 7.82. The van der Waals surface area contributed by atoms with Gasteiger partial charge >= 0.3 is 0 Å². The van der Waals surface area contributed by atoms with E-state index in [1.54, 1.807) is 24.4 Å². The molecule has 0 aliphatic carbocycles. The minimum absolute atomic E-state index is 0.437. The van der Waals surface area contributed by atoms with Gasteiger partial charge in [0.05, 0.1) is 6.10 Å². The lowest BCUT2D eigenvalue weighted by molar-refractivity contribution is 0.178. The van der Waals surface area contributed by atoms with Crippen molar-refractivity contribution in [3.05, 3.63) is 58.9 Å². The molecule has 88 valence electrons. The molecule has 2 aromatic rings. The number of hydrogen-bond donors (Lipinski definition) is 2. The average Bonchev–Trinajstić information content (AvgIpc) is 2.30. The standard InChI is InChI=1S/C13H13ClN2O/c14-9-4-5-11(12(15)7-9)13(17)8-10-3-1-2-6-16-10/h1-7,13,17H,8,15H2. The molecule has 0 radical (unpaired) electrons. The summed E-state index contributed by atoms with van der Waals surface area (Å²) in [4.78, 5) is 4.16. The van der Waals surface area contributed by atoms with Gasteiger partial charge in [-0.25, -0.2) is 0 Å². The molecule has 0 fully saturated rings. The van der Waals surface area contributed by atoms with Crippen LogP contribution in [0.5, 0.6) is 0 Å². The summed E-state index contributed by atoms with van der Waals surface area (Å²) in [5, 5.41) is 10.6. The Hall–Kier alpha value is -1.58. The highest BCUT2D eigenvalue weighted by atomic mass is 35.5. The fourth-order valence-electron chi connectivity index (χ4n) is 1.68. The first-order chi connectivity index (χ1) is 8.16. The van der Waals surface area contributed by atoms with Crippen LogP contribution in [0, 0.1) is 0 Å². The van der Waals surface area contributed by atoms with E-state index in [0.717, 1.165) is 5.69 Å². The molecule has 0 saturated carbocycles. The first kappa shape index (κ1) is 11.9. The molecule has 0 saturated heterocycles. The Bertz CT molecular complexity index is 502. The minimum Gasteiger partial charge on any atom is -0.398 e. The lowest BCUT2D eigenvalue weighted by atomic mass is 10.0. The van der Waals surface area contributed by atoms with Gasteiger partial charge in [-0.15, -0.1) is 0 Å². The van der Waals surface area contributed by atoms with E-state index in [4.69, 9.17) is 17.3 Å². The number of nitrogen functional groups attached to an aromatic ring is 1.